The third-order valence-corrected chi connectivity index (χ3v) is 7.39. The molecule has 224 valence electrons. The van der Waals surface area contributed by atoms with E-state index in [0.29, 0.717) is 31.5 Å². The quantitative estimate of drug-likeness (QED) is 0.171. The van der Waals surface area contributed by atoms with Gasteiger partial charge in [-0.1, -0.05) is 98.0 Å². The highest BCUT2D eigenvalue weighted by Crippen LogP contribution is 2.34. The van der Waals surface area contributed by atoms with Crippen molar-refractivity contribution in [3.63, 3.8) is 0 Å². The lowest BCUT2D eigenvalue weighted by Crippen LogP contribution is -2.39. The molecule has 2 atom stereocenters. The molecule has 1 fully saturated rings. The minimum absolute atomic E-state index is 0.0215. The number of carbonyl (C=O) groups excluding carboxylic acids is 3. The standard InChI is InChI=1S/C36H46N2O4/c1-3-4-5-6-7-8-9-10-11-12-13-14-15-16-17-18-22-25-34(40)38-27-26-31(29-38)37-35(41)32-28-33(39)36(2,42-32)30-23-20-19-21-24-30/h4-5,7-8,10-11,13-14,16-17,19-21,23-24,28,31H,3,6,9,12,15,18,22,25-27,29H2,1-2H3,(H,37,41)/t31-,36?/m1/s1. The van der Waals surface area contributed by atoms with E-state index in [2.05, 4.69) is 73.0 Å². The van der Waals surface area contributed by atoms with Crippen LogP contribution in [0.3, 0.4) is 0 Å². The second-order valence-electron chi connectivity index (χ2n) is 10.8. The zero-order chi connectivity index (χ0) is 30.0. The molecule has 1 aromatic carbocycles. The third kappa shape index (κ3) is 10.5. The molecule has 1 unspecified atom stereocenters. The predicted octanol–water partition coefficient (Wildman–Crippen LogP) is 7.02. The summed E-state index contributed by atoms with van der Waals surface area (Å²) in [5, 5.41) is 2.94. The number of hydrogen-bond donors (Lipinski definition) is 1. The Hall–Kier alpha value is -3.93. The van der Waals surface area contributed by atoms with Gasteiger partial charge < -0.3 is 15.0 Å². The SMILES string of the molecule is CCC=CCC=CCC=CCC=CCC=CCCCC(=O)N1CC[C@@H](NC(=O)C2=CC(=O)C(C)(c3ccccc3)O2)C1. The van der Waals surface area contributed by atoms with Crippen molar-refractivity contribution in [2.75, 3.05) is 13.1 Å². The fourth-order valence-corrected chi connectivity index (χ4v) is 4.88. The van der Waals surface area contributed by atoms with E-state index in [9.17, 15) is 14.4 Å². The number of allylic oxidation sites excluding steroid dienone is 10. The van der Waals surface area contributed by atoms with Crippen LogP contribution in [0.4, 0.5) is 0 Å². The Kier molecular flexibility index (Phi) is 13.8. The van der Waals surface area contributed by atoms with E-state index >= 15 is 0 Å². The summed E-state index contributed by atoms with van der Waals surface area (Å²) in [7, 11) is 0. The molecule has 0 radical (unpaired) electrons. The molecule has 6 nitrogen and oxygen atoms in total. The number of ketones is 1. The number of likely N-dealkylation sites (tertiary alicyclic amines) is 1. The number of benzene rings is 1. The lowest BCUT2D eigenvalue weighted by molar-refractivity contribution is -0.133. The zero-order valence-corrected chi connectivity index (χ0v) is 25.2. The van der Waals surface area contributed by atoms with Crippen LogP contribution in [-0.4, -0.2) is 41.6 Å². The highest BCUT2D eigenvalue weighted by Gasteiger charge is 2.44. The van der Waals surface area contributed by atoms with Gasteiger partial charge in [0.15, 0.2) is 11.4 Å². The van der Waals surface area contributed by atoms with Crippen LogP contribution in [0.1, 0.15) is 77.2 Å². The van der Waals surface area contributed by atoms with Crippen molar-refractivity contribution in [2.45, 2.75) is 83.3 Å². The van der Waals surface area contributed by atoms with Crippen molar-refractivity contribution in [2.24, 2.45) is 0 Å². The number of nitrogens with zero attached hydrogens (tertiary/aromatic N) is 1. The Bertz CT molecular complexity index is 1210. The van der Waals surface area contributed by atoms with Crippen LogP contribution in [0.25, 0.3) is 0 Å². The molecule has 2 aliphatic rings. The van der Waals surface area contributed by atoms with Crippen molar-refractivity contribution in [1.29, 1.82) is 0 Å². The maximum atomic E-state index is 12.8. The molecule has 42 heavy (non-hydrogen) atoms. The van der Waals surface area contributed by atoms with E-state index in [1.54, 1.807) is 6.92 Å². The first kappa shape index (κ1) is 32.6. The number of hydrogen-bond acceptors (Lipinski definition) is 4. The van der Waals surface area contributed by atoms with Crippen LogP contribution < -0.4 is 5.32 Å². The van der Waals surface area contributed by atoms with E-state index < -0.39 is 11.5 Å². The van der Waals surface area contributed by atoms with Crippen molar-refractivity contribution in [3.8, 4) is 0 Å². The zero-order valence-electron chi connectivity index (χ0n) is 25.2. The summed E-state index contributed by atoms with van der Waals surface area (Å²) >= 11 is 0. The Morgan fingerprint density at radius 3 is 2.14 bits per heavy atom. The van der Waals surface area contributed by atoms with Crippen LogP contribution in [0.5, 0.6) is 0 Å². The summed E-state index contributed by atoms with van der Waals surface area (Å²) in [6.07, 6.45) is 30.8. The van der Waals surface area contributed by atoms with Gasteiger partial charge in [-0.3, -0.25) is 14.4 Å². The third-order valence-electron chi connectivity index (χ3n) is 7.39. The van der Waals surface area contributed by atoms with Gasteiger partial charge in [-0.05, 0) is 58.3 Å². The van der Waals surface area contributed by atoms with Crippen molar-refractivity contribution in [1.82, 2.24) is 10.2 Å². The summed E-state index contributed by atoms with van der Waals surface area (Å²) in [5.74, 6) is -0.536. The minimum Gasteiger partial charge on any atom is -0.469 e. The van der Waals surface area contributed by atoms with Gasteiger partial charge in [0.2, 0.25) is 11.7 Å². The molecule has 1 saturated heterocycles. The summed E-state index contributed by atoms with van der Waals surface area (Å²) in [6, 6.07) is 9.01. The number of unbranched alkanes of at least 4 members (excludes halogenated alkanes) is 1. The first-order chi connectivity index (χ1) is 20.4. The van der Waals surface area contributed by atoms with Crippen molar-refractivity contribution < 1.29 is 19.1 Å². The molecule has 2 amide bonds. The number of ether oxygens (including phenoxy) is 1. The van der Waals surface area contributed by atoms with E-state index in [-0.39, 0.29) is 23.5 Å². The number of nitrogens with one attached hydrogen (secondary N) is 1. The summed E-state index contributed by atoms with van der Waals surface area (Å²) < 4.78 is 5.84. The Labute approximate surface area is 251 Å². The molecule has 0 saturated carbocycles. The van der Waals surface area contributed by atoms with E-state index in [1.807, 2.05) is 35.2 Å². The van der Waals surface area contributed by atoms with E-state index in [4.69, 9.17) is 4.74 Å². The average Bonchev–Trinajstić information content (AvgIpc) is 3.59. The predicted molar refractivity (Wildman–Crippen MR) is 169 cm³/mol. The number of rotatable bonds is 16. The molecule has 3 rings (SSSR count). The molecule has 0 aliphatic carbocycles. The second kappa shape index (κ2) is 17.8. The van der Waals surface area contributed by atoms with Gasteiger partial charge >= 0.3 is 0 Å². The topological polar surface area (TPSA) is 75.7 Å². The van der Waals surface area contributed by atoms with Crippen LogP contribution in [0, 0.1) is 0 Å². The maximum absolute atomic E-state index is 12.8. The molecule has 2 heterocycles. The molecule has 1 aromatic rings. The lowest BCUT2D eigenvalue weighted by Gasteiger charge is -2.24. The Morgan fingerprint density at radius 2 is 1.52 bits per heavy atom. The van der Waals surface area contributed by atoms with Gasteiger partial charge in [0.25, 0.3) is 5.91 Å². The van der Waals surface area contributed by atoms with Gasteiger partial charge in [-0.2, -0.15) is 0 Å². The highest BCUT2D eigenvalue weighted by molar-refractivity contribution is 6.07. The van der Waals surface area contributed by atoms with Gasteiger partial charge in [0, 0.05) is 37.2 Å². The van der Waals surface area contributed by atoms with Gasteiger partial charge in [0.05, 0.1) is 0 Å². The fourth-order valence-electron chi connectivity index (χ4n) is 4.88. The fraction of sp³-hybridized carbons (Fsp3) is 0.417. The maximum Gasteiger partial charge on any atom is 0.286 e. The summed E-state index contributed by atoms with van der Waals surface area (Å²) in [5.41, 5.74) is -0.493. The molecule has 0 aromatic heterocycles. The Balaban J connectivity index is 1.25. The van der Waals surface area contributed by atoms with E-state index in [1.165, 1.54) is 6.08 Å². The summed E-state index contributed by atoms with van der Waals surface area (Å²) in [6.45, 7) is 4.91. The Morgan fingerprint density at radius 1 is 0.929 bits per heavy atom. The largest absolute Gasteiger partial charge is 0.469 e. The van der Waals surface area contributed by atoms with Crippen molar-refractivity contribution in [3.05, 3.63) is 108 Å². The first-order valence-electron chi connectivity index (χ1n) is 15.3. The van der Waals surface area contributed by atoms with Crippen LogP contribution in [-0.2, 0) is 24.7 Å². The average molecular weight is 571 g/mol. The van der Waals surface area contributed by atoms with Crippen molar-refractivity contribution >= 4 is 17.6 Å². The molecule has 0 spiro atoms. The lowest BCUT2D eigenvalue weighted by atomic mass is 9.92. The molecule has 6 heteroatoms. The van der Waals surface area contributed by atoms with Crippen LogP contribution in [0.2, 0.25) is 0 Å². The van der Waals surface area contributed by atoms with Gasteiger partial charge in [-0.25, -0.2) is 0 Å². The van der Waals surface area contributed by atoms with Gasteiger partial charge in [-0.15, -0.1) is 0 Å². The smallest absolute Gasteiger partial charge is 0.286 e. The van der Waals surface area contributed by atoms with Crippen LogP contribution >= 0.6 is 0 Å². The second-order valence-corrected chi connectivity index (χ2v) is 10.8. The number of carbonyl (C=O) groups is 3. The van der Waals surface area contributed by atoms with E-state index in [0.717, 1.165) is 44.9 Å². The molecule has 2 aliphatic heterocycles. The summed E-state index contributed by atoms with van der Waals surface area (Å²) in [4.78, 5) is 39.9. The molecular weight excluding hydrogens is 524 g/mol. The van der Waals surface area contributed by atoms with Crippen LogP contribution in [0.15, 0.2) is 103 Å². The normalized spacial score (nSPS) is 21.0. The number of amides is 2. The molecular formula is C36H46N2O4. The first-order valence-corrected chi connectivity index (χ1v) is 15.3. The highest BCUT2D eigenvalue weighted by atomic mass is 16.5. The monoisotopic (exact) mass is 570 g/mol. The van der Waals surface area contributed by atoms with Gasteiger partial charge in [0.1, 0.15) is 0 Å². The molecule has 0 bridgehead atoms. The minimum atomic E-state index is -1.20. The molecule has 1 N–H and O–H groups in total.